The van der Waals surface area contributed by atoms with Crippen molar-refractivity contribution >= 4 is 28.9 Å². The second-order valence-electron chi connectivity index (χ2n) is 4.57. The third-order valence-corrected chi connectivity index (χ3v) is 4.35. The molecule has 0 atom stereocenters. The first-order valence-corrected chi connectivity index (χ1v) is 6.92. The minimum atomic E-state index is -1.10. The highest BCUT2D eigenvalue weighted by molar-refractivity contribution is 7.16. The van der Waals surface area contributed by atoms with Gasteiger partial charge in [0.25, 0.3) is 5.91 Å². The van der Waals surface area contributed by atoms with Gasteiger partial charge in [0.2, 0.25) is 0 Å². The molecule has 1 aromatic carbocycles. The molecule has 0 saturated heterocycles. The van der Waals surface area contributed by atoms with Crippen molar-refractivity contribution in [2.24, 2.45) is 0 Å². The van der Waals surface area contributed by atoms with E-state index >= 15 is 0 Å². The zero-order chi connectivity index (χ0) is 15.1. The zero-order valence-electron chi connectivity index (χ0n) is 10.6. The quantitative estimate of drug-likeness (QED) is 0.928. The number of carboxylic acids is 1. The Morgan fingerprint density at radius 2 is 1.81 bits per heavy atom. The molecule has 0 saturated carbocycles. The smallest absolute Gasteiger partial charge is 0.345 e. The van der Waals surface area contributed by atoms with E-state index in [2.05, 4.69) is 0 Å². The fourth-order valence-corrected chi connectivity index (χ4v) is 3.09. The van der Waals surface area contributed by atoms with E-state index in [1.54, 1.807) is 0 Å². The van der Waals surface area contributed by atoms with Crippen LogP contribution >= 0.6 is 11.3 Å². The van der Waals surface area contributed by atoms with Gasteiger partial charge in [0, 0.05) is 12.6 Å². The van der Waals surface area contributed by atoms with Crippen LogP contribution in [0.1, 0.15) is 24.9 Å². The normalized spacial score (nSPS) is 13.3. The molecule has 2 aromatic rings. The molecule has 0 bridgehead atoms. The Kier molecular flexibility index (Phi) is 3.21. The summed E-state index contributed by atoms with van der Waals surface area (Å²) in [5.41, 5.74) is 0.904. The van der Waals surface area contributed by atoms with Gasteiger partial charge in [0.05, 0.1) is 10.6 Å². The molecule has 0 fully saturated rings. The molecule has 0 aliphatic carbocycles. The Morgan fingerprint density at radius 3 is 2.48 bits per heavy atom. The minimum absolute atomic E-state index is 0.0584. The van der Waals surface area contributed by atoms with Crippen molar-refractivity contribution in [1.29, 1.82) is 0 Å². The van der Waals surface area contributed by atoms with Gasteiger partial charge in [-0.15, -0.1) is 11.3 Å². The van der Waals surface area contributed by atoms with Crippen LogP contribution < -0.4 is 4.90 Å². The maximum atomic E-state index is 13.3. The van der Waals surface area contributed by atoms with Crippen molar-refractivity contribution in [3.63, 3.8) is 0 Å². The molecule has 1 N–H and O–H groups in total. The van der Waals surface area contributed by atoms with Crippen LogP contribution in [-0.2, 0) is 6.42 Å². The molecule has 3 rings (SSSR count). The number of aromatic carboxylic acids is 1. The lowest BCUT2D eigenvalue weighted by molar-refractivity contribution is 0.0702. The van der Waals surface area contributed by atoms with E-state index < -0.39 is 23.5 Å². The average Bonchev–Trinajstić information content (AvgIpc) is 3.05. The molecule has 7 heteroatoms. The number of carboxylic acid groups (broad SMARTS) is 1. The van der Waals surface area contributed by atoms with E-state index in [-0.39, 0.29) is 9.75 Å². The lowest BCUT2D eigenvalue weighted by Crippen LogP contribution is -2.28. The first-order chi connectivity index (χ1) is 9.97. The van der Waals surface area contributed by atoms with E-state index in [1.807, 2.05) is 0 Å². The molecule has 1 amide bonds. The van der Waals surface area contributed by atoms with Gasteiger partial charge in [-0.25, -0.2) is 13.6 Å². The van der Waals surface area contributed by atoms with Crippen LogP contribution in [0.2, 0.25) is 0 Å². The van der Waals surface area contributed by atoms with Gasteiger partial charge >= 0.3 is 5.97 Å². The van der Waals surface area contributed by atoms with Gasteiger partial charge in [-0.2, -0.15) is 0 Å². The summed E-state index contributed by atoms with van der Waals surface area (Å²) < 4.78 is 26.5. The van der Waals surface area contributed by atoms with Crippen LogP contribution in [0, 0.1) is 11.6 Å². The van der Waals surface area contributed by atoms with Crippen molar-refractivity contribution in [3.8, 4) is 0 Å². The summed E-state index contributed by atoms with van der Waals surface area (Å²) in [4.78, 5) is 24.9. The summed E-state index contributed by atoms with van der Waals surface area (Å²) >= 11 is 0.859. The zero-order valence-corrected chi connectivity index (χ0v) is 11.4. The first-order valence-electron chi connectivity index (χ1n) is 6.10. The summed E-state index contributed by atoms with van der Waals surface area (Å²) in [6.07, 6.45) is 0.440. The number of rotatable bonds is 2. The van der Waals surface area contributed by atoms with Gasteiger partial charge in [-0.1, -0.05) is 0 Å². The third-order valence-electron chi connectivity index (χ3n) is 3.29. The standard InChI is InChI=1S/C14H9F2NO3S/c15-8-5-7-3-4-17(10(7)6-9(8)16)13(18)11-1-2-12(21-11)14(19)20/h1-2,5-6H,3-4H2,(H,19,20). The molecular formula is C14H9F2NO3S. The molecule has 1 aromatic heterocycles. The van der Waals surface area contributed by atoms with E-state index in [1.165, 1.54) is 17.0 Å². The predicted molar refractivity (Wildman–Crippen MR) is 73.0 cm³/mol. The molecule has 0 spiro atoms. The fraction of sp³-hybridized carbons (Fsp3) is 0.143. The molecule has 1 aliphatic heterocycles. The summed E-state index contributed by atoms with van der Waals surface area (Å²) in [5, 5.41) is 8.86. The second kappa shape index (κ2) is 4.92. The number of thiophene rings is 1. The monoisotopic (exact) mass is 309 g/mol. The number of carbonyl (C=O) groups excluding carboxylic acids is 1. The van der Waals surface area contributed by atoms with Crippen molar-refractivity contribution < 1.29 is 23.5 Å². The number of fused-ring (bicyclic) bond motifs is 1. The molecule has 21 heavy (non-hydrogen) atoms. The van der Waals surface area contributed by atoms with Crippen molar-refractivity contribution in [2.45, 2.75) is 6.42 Å². The highest BCUT2D eigenvalue weighted by Gasteiger charge is 2.28. The summed E-state index contributed by atoms with van der Waals surface area (Å²) in [6.45, 7) is 0.317. The van der Waals surface area contributed by atoms with Crippen molar-refractivity contribution in [3.05, 3.63) is 51.2 Å². The fourth-order valence-electron chi connectivity index (χ4n) is 2.29. The maximum absolute atomic E-state index is 13.3. The van der Waals surface area contributed by atoms with Crippen LogP contribution in [0.25, 0.3) is 0 Å². The number of anilines is 1. The van der Waals surface area contributed by atoms with Crippen LogP contribution in [0.4, 0.5) is 14.5 Å². The van der Waals surface area contributed by atoms with E-state index in [0.717, 1.165) is 23.5 Å². The SMILES string of the molecule is O=C(O)c1ccc(C(=O)N2CCc3cc(F)c(F)cc32)s1. The van der Waals surface area contributed by atoms with Gasteiger partial charge in [-0.3, -0.25) is 4.79 Å². The van der Waals surface area contributed by atoms with E-state index in [9.17, 15) is 18.4 Å². The average molecular weight is 309 g/mol. The Morgan fingerprint density at radius 1 is 1.14 bits per heavy atom. The van der Waals surface area contributed by atoms with Crippen molar-refractivity contribution in [2.75, 3.05) is 11.4 Å². The number of carbonyl (C=O) groups is 2. The number of benzene rings is 1. The number of amides is 1. The lowest BCUT2D eigenvalue weighted by Gasteiger charge is -2.16. The predicted octanol–water partition coefficient (Wildman–Crippen LogP) is 2.93. The molecule has 2 heterocycles. The highest BCUT2D eigenvalue weighted by atomic mass is 32.1. The lowest BCUT2D eigenvalue weighted by atomic mass is 10.1. The molecular weight excluding hydrogens is 300 g/mol. The molecule has 1 aliphatic rings. The van der Waals surface area contributed by atoms with Crippen LogP contribution in [0.15, 0.2) is 24.3 Å². The van der Waals surface area contributed by atoms with Crippen LogP contribution in [0.5, 0.6) is 0 Å². The van der Waals surface area contributed by atoms with Gasteiger partial charge < -0.3 is 10.0 Å². The van der Waals surface area contributed by atoms with E-state index in [4.69, 9.17) is 5.11 Å². The summed E-state index contributed by atoms with van der Waals surface area (Å²) in [6, 6.07) is 4.87. The highest BCUT2D eigenvalue weighted by Crippen LogP contribution is 2.32. The molecule has 4 nitrogen and oxygen atoms in total. The van der Waals surface area contributed by atoms with Crippen molar-refractivity contribution in [1.82, 2.24) is 0 Å². The number of hydrogen-bond donors (Lipinski definition) is 1. The largest absolute Gasteiger partial charge is 0.477 e. The number of halogens is 2. The third kappa shape index (κ3) is 2.29. The second-order valence-corrected chi connectivity index (χ2v) is 5.65. The van der Waals surface area contributed by atoms with Gasteiger partial charge in [-0.05, 0) is 30.2 Å². The van der Waals surface area contributed by atoms with Gasteiger partial charge in [0.1, 0.15) is 4.88 Å². The Hall–Kier alpha value is -2.28. The maximum Gasteiger partial charge on any atom is 0.345 e. The Balaban J connectivity index is 1.94. The number of nitrogens with zero attached hydrogens (tertiary/aromatic N) is 1. The minimum Gasteiger partial charge on any atom is -0.477 e. The molecule has 0 radical (unpaired) electrons. The molecule has 108 valence electrons. The number of hydrogen-bond acceptors (Lipinski definition) is 3. The first kappa shape index (κ1) is 13.7. The summed E-state index contributed by atoms with van der Waals surface area (Å²) in [7, 11) is 0. The van der Waals surface area contributed by atoms with E-state index in [0.29, 0.717) is 24.2 Å². The van der Waals surface area contributed by atoms with Crippen LogP contribution in [0.3, 0.4) is 0 Å². The topological polar surface area (TPSA) is 57.6 Å². The summed E-state index contributed by atoms with van der Waals surface area (Å²) in [5.74, 6) is -3.45. The van der Waals surface area contributed by atoms with Crippen LogP contribution in [-0.4, -0.2) is 23.5 Å². The van der Waals surface area contributed by atoms with Gasteiger partial charge in [0.15, 0.2) is 11.6 Å². The Bertz CT molecular complexity index is 757. The molecule has 0 unspecified atom stereocenters. The Labute approximate surface area is 122 Å².